The molecule has 0 saturated heterocycles. The van der Waals surface area contributed by atoms with Gasteiger partial charge in [0.05, 0.1) is 17.2 Å². The number of hydrogen-bond donors (Lipinski definition) is 0. The van der Waals surface area contributed by atoms with Crippen molar-refractivity contribution in [1.82, 2.24) is 9.55 Å². The van der Waals surface area contributed by atoms with Gasteiger partial charge < -0.3 is 0 Å². The SMILES string of the molecule is O=c1c2ccc(F)cc2ncn1CCCCCBr. The molecular weight excluding hydrogens is 299 g/mol. The predicted octanol–water partition coefficient (Wildman–Crippen LogP) is 3.10. The third-order valence-corrected chi connectivity index (χ3v) is 3.38. The molecule has 2 aromatic rings. The standard InChI is InChI=1S/C13H14BrFN2O/c14-6-2-1-3-7-17-9-16-12-8-10(15)4-5-11(12)13(17)18/h4-5,8-9H,1-3,6-7H2. The summed E-state index contributed by atoms with van der Waals surface area (Å²) in [6.07, 6.45) is 4.61. The number of halogens is 2. The first-order valence-corrected chi connectivity index (χ1v) is 7.05. The number of aryl methyl sites for hydroxylation is 1. The monoisotopic (exact) mass is 312 g/mol. The van der Waals surface area contributed by atoms with Crippen LogP contribution in [0.1, 0.15) is 19.3 Å². The molecule has 1 heterocycles. The molecule has 0 N–H and O–H groups in total. The van der Waals surface area contributed by atoms with Crippen LogP contribution < -0.4 is 5.56 Å². The Morgan fingerprint density at radius 1 is 1.28 bits per heavy atom. The maximum absolute atomic E-state index is 13.0. The number of fused-ring (bicyclic) bond motifs is 1. The van der Waals surface area contributed by atoms with E-state index in [4.69, 9.17) is 0 Å². The van der Waals surface area contributed by atoms with E-state index in [-0.39, 0.29) is 11.4 Å². The molecule has 2 rings (SSSR count). The van der Waals surface area contributed by atoms with Crippen molar-refractivity contribution in [3.05, 3.63) is 40.7 Å². The maximum Gasteiger partial charge on any atom is 0.261 e. The molecule has 0 amide bonds. The molecule has 0 atom stereocenters. The molecular formula is C13H14BrFN2O. The van der Waals surface area contributed by atoms with E-state index in [0.29, 0.717) is 17.4 Å². The van der Waals surface area contributed by atoms with Gasteiger partial charge in [-0.25, -0.2) is 9.37 Å². The summed E-state index contributed by atoms with van der Waals surface area (Å²) < 4.78 is 14.6. The highest BCUT2D eigenvalue weighted by Crippen LogP contribution is 2.09. The average molecular weight is 313 g/mol. The normalized spacial score (nSPS) is 11.0. The zero-order valence-corrected chi connectivity index (χ0v) is 11.5. The fraction of sp³-hybridized carbons (Fsp3) is 0.385. The fourth-order valence-electron chi connectivity index (χ4n) is 1.84. The Morgan fingerprint density at radius 3 is 2.89 bits per heavy atom. The molecule has 0 radical (unpaired) electrons. The van der Waals surface area contributed by atoms with Gasteiger partial charge in [-0.1, -0.05) is 22.4 Å². The second-order valence-electron chi connectivity index (χ2n) is 4.15. The highest BCUT2D eigenvalue weighted by molar-refractivity contribution is 9.09. The number of rotatable bonds is 5. The molecule has 1 aromatic carbocycles. The molecule has 18 heavy (non-hydrogen) atoms. The van der Waals surface area contributed by atoms with Crippen molar-refractivity contribution in [2.24, 2.45) is 0 Å². The summed E-state index contributed by atoms with van der Waals surface area (Å²) in [7, 11) is 0. The van der Waals surface area contributed by atoms with Crippen LogP contribution in [-0.2, 0) is 6.54 Å². The average Bonchev–Trinajstić information content (AvgIpc) is 2.37. The van der Waals surface area contributed by atoms with Crippen LogP contribution in [0.15, 0.2) is 29.3 Å². The first-order chi connectivity index (χ1) is 8.72. The van der Waals surface area contributed by atoms with Crippen LogP contribution in [0.25, 0.3) is 10.9 Å². The summed E-state index contributed by atoms with van der Waals surface area (Å²) in [6, 6.07) is 4.07. The molecule has 0 unspecified atom stereocenters. The summed E-state index contributed by atoms with van der Waals surface area (Å²) in [5, 5.41) is 1.45. The van der Waals surface area contributed by atoms with Gasteiger partial charge in [0.15, 0.2) is 0 Å². The van der Waals surface area contributed by atoms with Gasteiger partial charge in [0.1, 0.15) is 5.82 Å². The number of nitrogens with zero attached hydrogens (tertiary/aromatic N) is 2. The van der Waals surface area contributed by atoms with E-state index in [1.54, 1.807) is 4.57 Å². The van der Waals surface area contributed by atoms with Crippen molar-refractivity contribution in [2.75, 3.05) is 5.33 Å². The summed E-state index contributed by atoms with van der Waals surface area (Å²) in [6.45, 7) is 0.659. The highest BCUT2D eigenvalue weighted by atomic mass is 79.9. The molecule has 0 bridgehead atoms. The van der Waals surface area contributed by atoms with E-state index in [1.165, 1.54) is 24.5 Å². The minimum Gasteiger partial charge on any atom is -0.299 e. The fourth-order valence-corrected chi connectivity index (χ4v) is 2.24. The first-order valence-electron chi connectivity index (χ1n) is 5.93. The minimum absolute atomic E-state index is 0.0983. The Labute approximate surface area is 113 Å². The van der Waals surface area contributed by atoms with Gasteiger partial charge in [-0.05, 0) is 25.0 Å². The van der Waals surface area contributed by atoms with Crippen molar-refractivity contribution >= 4 is 26.8 Å². The van der Waals surface area contributed by atoms with Gasteiger partial charge in [0.25, 0.3) is 5.56 Å². The minimum atomic E-state index is -0.371. The molecule has 0 fully saturated rings. The second kappa shape index (κ2) is 6.09. The van der Waals surface area contributed by atoms with Gasteiger partial charge in [0, 0.05) is 17.9 Å². The van der Waals surface area contributed by atoms with E-state index in [9.17, 15) is 9.18 Å². The van der Waals surface area contributed by atoms with E-state index in [1.807, 2.05) is 0 Å². The molecule has 0 aliphatic carbocycles. The van der Waals surface area contributed by atoms with Gasteiger partial charge >= 0.3 is 0 Å². The van der Waals surface area contributed by atoms with Crippen molar-refractivity contribution in [3.63, 3.8) is 0 Å². The number of aromatic nitrogens is 2. The van der Waals surface area contributed by atoms with E-state index < -0.39 is 0 Å². The van der Waals surface area contributed by atoms with Crippen molar-refractivity contribution in [1.29, 1.82) is 0 Å². The lowest BCUT2D eigenvalue weighted by Gasteiger charge is -2.06. The zero-order chi connectivity index (χ0) is 13.0. The lowest BCUT2D eigenvalue weighted by molar-refractivity contribution is 0.585. The summed E-state index contributed by atoms with van der Waals surface area (Å²) in [5.41, 5.74) is 0.315. The summed E-state index contributed by atoms with van der Waals surface area (Å²) >= 11 is 3.37. The molecule has 0 spiro atoms. The third-order valence-electron chi connectivity index (χ3n) is 2.82. The Balaban J connectivity index is 2.23. The van der Waals surface area contributed by atoms with Crippen LogP contribution >= 0.6 is 15.9 Å². The van der Waals surface area contributed by atoms with Gasteiger partial charge in [-0.3, -0.25) is 9.36 Å². The van der Waals surface area contributed by atoms with Crippen molar-refractivity contribution in [2.45, 2.75) is 25.8 Å². The van der Waals surface area contributed by atoms with E-state index >= 15 is 0 Å². The highest BCUT2D eigenvalue weighted by Gasteiger charge is 2.04. The van der Waals surface area contributed by atoms with Crippen LogP contribution in [0.3, 0.4) is 0 Å². The van der Waals surface area contributed by atoms with E-state index in [0.717, 1.165) is 24.6 Å². The van der Waals surface area contributed by atoms with Crippen LogP contribution in [0, 0.1) is 5.82 Å². The number of unbranched alkanes of at least 4 members (excludes halogenated alkanes) is 2. The summed E-state index contributed by atoms with van der Waals surface area (Å²) in [5.74, 6) is -0.371. The Hall–Kier alpha value is -1.23. The van der Waals surface area contributed by atoms with Crippen molar-refractivity contribution < 1.29 is 4.39 Å². The molecule has 1 aromatic heterocycles. The predicted molar refractivity (Wildman–Crippen MR) is 73.6 cm³/mol. The smallest absolute Gasteiger partial charge is 0.261 e. The molecule has 96 valence electrons. The number of benzene rings is 1. The lowest BCUT2D eigenvalue weighted by atomic mass is 10.2. The first kappa shape index (κ1) is 13.2. The molecule has 3 nitrogen and oxygen atoms in total. The lowest BCUT2D eigenvalue weighted by Crippen LogP contribution is -2.20. The molecule has 0 aliphatic rings. The van der Waals surface area contributed by atoms with E-state index in [2.05, 4.69) is 20.9 Å². The Kier molecular flexibility index (Phi) is 4.47. The topological polar surface area (TPSA) is 34.9 Å². The van der Waals surface area contributed by atoms with Crippen LogP contribution in [-0.4, -0.2) is 14.9 Å². The van der Waals surface area contributed by atoms with Crippen molar-refractivity contribution in [3.8, 4) is 0 Å². The van der Waals surface area contributed by atoms with Crippen LogP contribution in [0.4, 0.5) is 4.39 Å². The number of alkyl halides is 1. The van der Waals surface area contributed by atoms with Gasteiger partial charge in [-0.15, -0.1) is 0 Å². The zero-order valence-electron chi connectivity index (χ0n) is 9.90. The maximum atomic E-state index is 13.0. The van der Waals surface area contributed by atoms with Gasteiger partial charge in [-0.2, -0.15) is 0 Å². The molecule has 0 saturated carbocycles. The number of hydrogen-bond acceptors (Lipinski definition) is 2. The largest absolute Gasteiger partial charge is 0.299 e. The Morgan fingerprint density at radius 2 is 2.11 bits per heavy atom. The third kappa shape index (κ3) is 2.96. The second-order valence-corrected chi connectivity index (χ2v) is 4.95. The molecule has 0 aliphatic heterocycles. The summed E-state index contributed by atoms with van der Waals surface area (Å²) in [4.78, 5) is 16.2. The van der Waals surface area contributed by atoms with Gasteiger partial charge in [0.2, 0.25) is 0 Å². The Bertz CT molecular complexity index is 597. The van der Waals surface area contributed by atoms with Crippen LogP contribution in [0.2, 0.25) is 0 Å². The quantitative estimate of drug-likeness (QED) is 0.628. The van der Waals surface area contributed by atoms with Crippen LogP contribution in [0.5, 0.6) is 0 Å². The molecule has 5 heteroatoms.